The van der Waals surface area contributed by atoms with Crippen LogP contribution in [0, 0.1) is 0 Å². The predicted molar refractivity (Wildman–Crippen MR) is 151 cm³/mol. The Morgan fingerprint density at radius 1 is 0.842 bits per heavy atom. The SMILES string of the molecule is C1=CC(c2ccnc3[nH]c(-c4[nH]nc5ncc(-c6cncc(CNCc7ccccc7)c6)cc45)cc23)=CC1. The van der Waals surface area contributed by atoms with E-state index in [1.807, 2.05) is 30.9 Å². The molecule has 0 radical (unpaired) electrons. The van der Waals surface area contributed by atoms with Crippen molar-refractivity contribution in [2.75, 3.05) is 0 Å². The second-order valence-electron chi connectivity index (χ2n) is 9.47. The Bertz CT molecular complexity index is 1830. The molecule has 0 saturated heterocycles. The van der Waals surface area contributed by atoms with E-state index in [2.05, 4.69) is 102 Å². The molecule has 6 aromatic rings. The van der Waals surface area contributed by atoms with Crippen LogP contribution in [-0.4, -0.2) is 30.1 Å². The van der Waals surface area contributed by atoms with Crippen molar-refractivity contribution in [3.05, 3.63) is 114 Å². The first-order chi connectivity index (χ1) is 18.8. The van der Waals surface area contributed by atoms with E-state index in [0.29, 0.717) is 5.65 Å². The Morgan fingerprint density at radius 3 is 2.63 bits per heavy atom. The van der Waals surface area contributed by atoms with Crippen molar-refractivity contribution in [3.63, 3.8) is 0 Å². The van der Waals surface area contributed by atoms with Gasteiger partial charge in [0, 0.05) is 59.8 Å². The fraction of sp³-hybridized carbons (Fsp3) is 0.0968. The standard InChI is InChI=1S/C31H25N7/c1-2-6-20(7-3-1)15-32-16-21-12-23(18-33-17-21)24-13-27-29(37-38-31(27)35-19-24)28-14-26-25(22-8-4-5-9-22)10-11-34-30(26)36-28/h1-4,6-14,17-19,32H,5,15-16H2,(H,34,36)(H,35,37,38). The molecule has 5 aromatic heterocycles. The summed E-state index contributed by atoms with van der Waals surface area (Å²) in [5.41, 5.74) is 10.1. The molecule has 7 heteroatoms. The highest BCUT2D eigenvalue weighted by molar-refractivity contribution is 5.99. The molecule has 38 heavy (non-hydrogen) atoms. The summed E-state index contributed by atoms with van der Waals surface area (Å²) in [6.45, 7) is 1.55. The quantitative estimate of drug-likeness (QED) is 0.245. The number of nitrogens with zero attached hydrogens (tertiary/aromatic N) is 4. The molecule has 5 heterocycles. The van der Waals surface area contributed by atoms with Gasteiger partial charge in [-0.1, -0.05) is 48.6 Å². The summed E-state index contributed by atoms with van der Waals surface area (Å²) in [7, 11) is 0. The maximum absolute atomic E-state index is 4.64. The molecule has 0 fully saturated rings. The van der Waals surface area contributed by atoms with Crippen LogP contribution in [0.4, 0.5) is 0 Å². The first kappa shape index (κ1) is 22.3. The molecule has 3 N–H and O–H groups in total. The number of hydrogen-bond acceptors (Lipinski definition) is 5. The average molecular weight is 496 g/mol. The molecular formula is C31H25N7. The Hall–Kier alpha value is -4.88. The number of benzene rings is 1. The van der Waals surface area contributed by atoms with Crippen molar-refractivity contribution < 1.29 is 0 Å². The van der Waals surface area contributed by atoms with E-state index in [-0.39, 0.29) is 0 Å². The largest absolute Gasteiger partial charge is 0.338 e. The second-order valence-corrected chi connectivity index (χ2v) is 9.47. The van der Waals surface area contributed by atoms with Gasteiger partial charge in [0.05, 0.1) is 11.4 Å². The molecule has 184 valence electrons. The van der Waals surface area contributed by atoms with E-state index in [1.165, 1.54) is 16.7 Å². The highest BCUT2D eigenvalue weighted by Crippen LogP contribution is 2.34. The second kappa shape index (κ2) is 9.53. The van der Waals surface area contributed by atoms with Crippen molar-refractivity contribution in [1.29, 1.82) is 0 Å². The third-order valence-electron chi connectivity index (χ3n) is 6.92. The summed E-state index contributed by atoms with van der Waals surface area (Å²) in [6.07, 6.45) is 15.0. The summed E-state index contributed by atoms with van der Waals surface area (Å²) in [5.74, 6) is 0. The molecule has 1 aliphatic carbocycles. The van der Waals surface area contributed by atoms with Gasteiger partial charge in [-0.3, -0.25) is 10.1 Å². The molecule has 0 atom stereocenters. The summed E-state index contributed by atoms with van der Waals surface area (Å²) in [6, 6.07) is 18.9. The van der Waals surface area contributed by atoms with Crippen LogP contribution >= 0.6 is 0 Å². The third-order valence-corrected chi connectivity index (χ3v) is 6.92. The fourth-order valence-electron chi connectivity index (χ4n) is 5.02. The van der Waals surface area contributed by atoms with E-state index in [0.717, 1.165) is 64.0 Å². The lowest BCUT2D eigenvalue weighted by molar-refractivity contribution is 0.691. The van der Waals surface area contributed by atoms with Crippen LogP contribution in [-0.2, 0) is 13.1 Å². The van der Waals surface area contributed by atoms with Gasteiger partial charge >= 0.3 is 0 Å². The van der Waals surface area contributed by atoms with Gasteiger partial charge in [-0.05, 0) is 52.9 Å². The number of fused-ring (bicyclic) bond motifs is 2. The number of pyridine rings is 3. The molecular weight excluding hydrogens is 470 g/mol. The minimum Gasteiger partial charge on any atom is -0.338 e. The number of hydrogen-bond donors (Lipinski definition) is 3. The molecule has 7 nitrogen and oxygen atoms in total. The first-order valence-corrected chi connectivity index (χ1v) is 12.7. The van der Waals surface area contributed by atoms with Gasteiger partial charge in [0.25, 0.3) is 0 Å². The molecule has 1 aliphatic rings. The van der Waals surface area contributed by atoms with Gasteiger partial charge < -0.3 is 10.3 Å². The highest BCUT2D eigenvalue weighted by Gasteiger charge is 2.16. The lowest BCUT2D eigenvalue weighted by Crippen LogP contribution is -2.12. The van der Waals surface area contributed by atoms with Crippen LogP contribution in [0.25, 0.3) is 50.2 Å². The average Bonchev–Trinajstić information content (AvgIpc) is 3.73. The smallest absolute Gasteiger partial charge is 0.181 e. The van der Waals surface area contributed by atoms with Crippen LogP contribution in [0.15, 0.2) is 97.6 Å². The Morgan fingerprint density at radius 2 is 1.74 bits per heavy atom. The predicted octanol–water partition coefficient (Wildman–Crippen LogP) is 6.20. The van der Waals surface area contributed by atoms with Crippen molar-refractivity contribution in [2.24, 2.45) is 0 Å². The summed E-state index contributed by atoms with van der Waals surface area (Å²) >= 11 is 0. The van der Waals surface area contributed by atoms with Gasteiger partial charge in [0.15, 0.2) is 5.65 Å². The Labute approximate surface area is 219 Å². The lowest BCUT2D eigenvalue weighted by atomic mass is 10.0. The van der Waals surface area contributed by atoms with Crippen LogP contribution in [0.3, 0.4) is 0 Å². The lowest BCUT2D eigenvalue weighted by Gasteiger charge is -2.07. The maximum atomic E-state index is 4.64. The van der Waals surface area contributed by atoms with Crippen LogP contribution in [0.1, 0.15) is 23.1 Å². The van der Waals surface area contributed by atoms with Gasteiger partial charge in [-0.2, -0.15) is 5.10 Å². The van der Waals surface area contributed by atoms with Gasteiger partial charge in [-0.15, -0.1) is 0 Å². The third kappa shape index (κ3) is 4.19. The molecule has 0 unspecified atom stereocenters. The van der Waals surface area contributed by atoms with E-state index in [4.69, 9.17) is 0 Å². The van der Waals surface area contributed by atoms with Crippen molar-refractivity contribution in [1.82, 2.24) is 35.5 Å². The number of aromatic amines is 2. The molecule has 0 aliphatic heterocycles. The number of H-pyrrole nitrogens is 2. The minimum absolute atomic E-state index is 0.672. The molecule has 0 amide bonds. The van der Waals surface area contributed by atoms with Gasteiger partial charge in [-0.25, -0.2) is 9.97 Å². The van der Waals surface area contributed by atoms with Crippen LogP contribution in [0.2, 0.25) is 0 Å². The summed E-state index contributed by atoms with van der Waals surface area (Å²) < 4.78 is 0. The fourth-order valence-corrected chi connectivity index (χ4v) is 5.02. The van der Waals surface area contributed by atoms with Crippen molar-refractivity contribution >= 4 is 27.6 Å². The summed E-state index contributed by atoms with van der Waals surface area (Å²) in [5, 5.41) is 13.2. The minimum atomic E-state index is 0.672. The monoisotopic (exact) mass is 495 g/mol. The van der Waals surface area contributed by atoms with Crippen molar-refractivity contribution in [3.8, 4) is 22.5 Å². The molecule has 0 spiro atoms. The molecule has 0 saturated carbocycles. The number of rotatable bonds is 7. The van der Waals surface area contributed by atoms with E-state index < -0.39 is 0 Å². The van der Waals surface area contributed by atoms with Gasteiger partial charge in [0.2, 0.25) is 0 Å². The molecule has 7 rings (SSSR count). The van der Waals surface area contributed by atoms with Crippen LogP contribution < -0.4 is 5.32 Å². The zero-order valence-electron chi connectivity index (χ0n) is 20.6. The highest BCUT2D eigenvalue weighted by atomic mass is 15.2. The topological polar surface area (TPSA) is 95.2 Å². The Kier molecular flexibility index (Phi) is 5.60. The van der Waals surface area contributed by atoms with Crippen LogP contribution in [0.5, 0.6) is 0 Å². The number of allylic oxidation sites excluding steroid dienone is 4. The zero-order chi connectivity index (χ0) is 25.3. The number of aromatic nitrogens is 6. The first-order valence-electron chi connectivity index (χ1n) is 12.7. The maximum Gasteiger partial charge on any atom is 0.181 e. The molecule has 0 bridgehead atoms. The zero-order valence-corrected chi connectivity index (χ0v) is 20.6. The van der Waals surface area contributed by atoms with E-state index in [1.54, 1.807) is 0 Å². The Balaban J connectivity index is 1.19. The number of nitrogens with one attached hydrogen (secondary N) is 3. The summed E-state index contributed by atoms with van der Waals surface area (Å²) in [4.78, 5) is 17.2. The van der Waals surface area contributed by atoms with E-state index >= 15 is 0 Å². The normalized spacial score (nSPS) is 13.0. The molecule has 1 aromatic carbocycles. The van der Waals surface area contributed by atoms with Crippen molar-refractivity contribution in [2.45, 2.75) is 19.5 Å². The van der Waals surface area contributed by atoms with E-state index in [9.17, 15) is 0 Å². The van der Waals surface area contributed by atoms with Gasteiger partial charge in [0.1, 0.15) is 5.65 Å².